The van der Waals surface area contributed by atoms with E-state index in [-0.39, 0.29) is 68.0 Å². The highest BCUT2D eigenvalue weighted by atomic mass is 35.5. The zero-order valence-corrected chi connectivity index (χ0v) is 17.6. The second kappa shape index (κ2) is 9.85. The van der Waals surface area contributed by atoms with Crippen molar-refractivity contribution in [2.75, 3.05) is 18.1 Å². The maximum Gasteiger partial charge on any atom is 0.248 e. The van der Waals surface area contributed by atoms with Crippen LogP contribution in [0.3, 0.4) is 0 Å². The van der Waals surface area contributed by atoms with Crippen molar-refractivity contribution in [3.63, 3.8) is 0 Å². The molecule has 5 N–H and O–H groups in total. The number of aliphatic carboxylic acids is 1. The Labute approximate surface area is 178 Å². The van der Waals surface area contributed by atoms with Crippen LogP contribution in [0.4, 0.5) is 5.82 Å². The van der Waals surface area contributed by atoms with Crippen LogP contribution in [-0.4, -0.2) is 50.3 Å². The molecule has 0 saturated carbocycles. The minimum absolute atomic E-state index is 0. The molecule has 2 aliphatic heterocycles. The van der Waals surface area contributed by atoms with E-state index in [1.165, 1.54) is 16.7 Å². The van der Waals surface area contributed by atoms with E-state index in [4.69, 9.17) is 11.5 Å². The second-order valence-corrected chi connectivity index (χ2v) is 6.92. The van der Waals surface area contributed by atoms with Crippen molar-refractivity contribution >= 4 is 66.7 Å². The number of anilines is 1. The van der Waals surface area contributed by atoms with Gasteiger partial charge < -0.3 is 26.5 Å². The van der Waals surface area contributed by atoms with Gasteiger partial charge >= 0.3 is 0 Å². The Morgan fingerprint density at radius 2 is 2.07 bits per heavy atom. The maximum atomic E-state index is 11.9. The van der Waals surface area contributed by atoms with Crippen molar-refractivity contribution in [2.45, 2.75) is 31.4 Å². The van der Waals surface area contributed by atoms with Gasteiger partial charge in [-0.15, -0.1) is 58.3 Å². The summed E-state index contributed by atoms with van der Waals surface area (Å²) in [5, 5.41) is 20.4. The Balaban J connectivity index is 0.00000225. The number of carbonyl (C=O) groups is 2. The fourth-order valence-electron chi connectivity index (χ4n) is 3.06. The monoisotopic (exact) mass is 461 g/mol. The molecular weight excluding hydrogens is 441 g/mol. The molecule has 0 bridgehead atoms. The van der Waals surface area contributed by atoms with Crippen LogP contribution < -0.4 is 21.3 Å². The number of halogens is 3. The van der Waals surface area contributed by atoms with E-state index in [1.807, 2.05) is 6.92 Å². The number of fused-ring (bicyclic) bond motifs is 1. The van der Waals surface area contributed by atoms with E-state index in [9.17, 15) is 19.8 Å². The number of nitrogens with two attached hydrogens (primary N) is 2. The number of hydrogen-bond acceptors (Lipinski definition) is 7. The largest absolute Gasteiger partial charge is 0.543 e. The molecule has 1 saturated heterocycles. The Hall–Kier alpha value is -1.17. The number of β-lactam (4-membered cyclic amide) rings is 1. The molecular formula is C14H22Cl3N5O4S. The highest BCUT2D eigenvalue weighted by Crippen LogP contribution is 2.39. The van der Waals surface area contributed by atoms with Gasteiger partial charge in [0.2, 0.25) is 12.1 Å². The molecule has 1 amide bonds. The topological polar surface area (TPSA) is 142 Å². The second-order valence-electron chi connectivity index (χ2n) is 5.82. The minimum atomic E-state index is -1.39. The highest BCUT2D eigenvalue weighted by Gasteiger charge is 2.50. The third-order valence-corrected chi connectivity index (χ3v) is 5.64. The number of aromatic nitrogens is 2. The molecule has 3 heterocycles. The maximum absolute atomic E-state index is 11.9. The summed E-state index contributed by atoms with van der Waals surface area (Å²) in [6, 6.07) is -0.672. The van der Waals surface area contributed by atoms with Gasteiger partial charge in [0.1, 0.15) is 18.0 Å². The number of carboxylic acid groups (broad SMARTS) is 1. The summed E-state index contributed by atoms with van der Waals surface area (Å²) >= 11 is 1.43. The number of carboxylic acids is 1. The lowest BCUT2D eigenvalue weighted by Gasteiger charge is -2.49. The molecule has 0 unspecified atom stereocenters. The first kappa shape index (κ1) is 25.8. The summed E-state index contributed by atoms with van der Waals surface area (Å²) in [6.07, 6.45) is 1.78. The Bertz CT molecular complexity index is 757. The smallest absolute Gasteiger partial charge is 0.248 e. The van der Waals surface area contributed by atoms with Crippen LogP contribution in [0.15, 0.2) is 17.5 Å². The van der Waals surface area contributed by atoms with Crippen LogP contribution >= 0.6 is 49.0 Å². The number of carbonyl (C=O) groups excluding carboxylic acids is 2. The number of rotatable bonds is 5. The number of hydrogen-bond donors (Lipinski definition) is 3. The van der Waals surface area contributed by atoms with Gasteiger partial charge in [-0.05, 0) is 6.92 Å². The molecule has 1 aromatic rings. The molecule has 0 spiro atoms. The van der Waals surface area contributed by atoms with Crippen molar-refractivity contribution in [3.05, 3.63) is 23.0 Å². The lowest BCUT2D eigenvalue weighted by Crippen LogP contribution is -2.69. The number of aliphatic hydroxyl groups excluding tert-OH is 1. The quantitative estimate of drug-likeness (QED) is 0.345. The molecule has 0 aliphatic carbocycles. The number of aryl methyl sites for hydroxylation is 1. The summed E-state index contributed by atoms with van der Waals surface area (Å²) in [7, 11) is 0. The van der Waals surface area contributed by atoms with Crippen LogP contribution in [0.1, 0.15) is 5.56 Å². The molecule has 2 atom stereocenters. The fraction of sp³-hybridized carbons (Fsp3) is 0.500. The first-order valence-corrected chi connectivity index (χ1v) is 8.51. The van der Waals surface area contributed by atoms with Crippen molar-refractivity contribution < 1.29 is 24.5 Å². The van der Waals surface area contributed by atoms with Crippen LogP contribution in [0, 0.1) is 6.92 Å². The molecule has 13 heteroatoms. The van der Waals surface area contributed by atoms with Crippen molar-refractivity contribution in [2.24, 2.45) is 5.73 Å². The molecule has 0 radical (unpaired) electrons. The normalized spacial score (nSPS) is 20.7. The summed E-state index contributed by atoms with van der Waals surface area (Å²) in [5.74, 6) is -0.860. The predicted molar refractivity (Wildman–Crippen MR) is 106 cm³/mol. The lowest BCUT2D eigenvalue weighted by molar-refractivity contribution is -0.767. The van der Waals surface area contributed by atoms with Crippen molar-refractivity contribution in [1.82, 2.24) is 9.58 Å². The van der Waals surface area contributed by atoms with Crippen molar-refractivity contribution in [3.8, 4) is 0 Å². The average molecular weight is 463 g/mol. The zero-order chi connectivity index (χ0) is 17.6. The van der Waals surface area contributed by atoms with Gasteiger partial charge in [0.25, 0.3) is 0 Å². The number of amides is 1. The zero-order valence-electron chi connectivity index (χ0n) is 14.4. The summed E-state index contributed by atoms with van der Waals surface area (Å²) in [5.41, 5.74) is 13.0. The number of thioether (sulfide) groups is 1. The Morgan fingerprint density at radius 1 is 1.44 bits per heavy atom. The lowest BCUT2D eigenvalue weighted by atomic mass is 10.0. The minimum Gasteiger partial charge on any atom is -0.543 e. The first-order chi connectivity index (χ1) is 11.4. The van der Waals surface area contributed by atoms with E-state index < -0.39 is 17.9 Å². The molecule has 9 nitrogen and oxygen atoms in total. The average Bonchev–Trinajstić information content (AvgIpc) is 2.81. The van der Waals surface area contributed by atoms with Crippen LogP contribution in [0.25, 0.3) is 0 Å². The number of aliphatic hydroxyl groups is 1. The molecule has 154 valence electrons. The summed E-state index contributed by atoms with van der Waals surface area (Å²) in [6.45, 7) is 2.26. The standard InChI is InChI=1S/C14H19N5O4S.3ClH/c1-7-4-17(18(2-3-20)11(7)16)5-8-6-24-13-9(15)12(21)19(13)10(8)14(22)23;;;/h4,9,13,16,20H,2-3,5-6,15H2,1H3,(H,22,23);3*1H/t9-,13-;;;/m1.../s1. The highest BCUT2D eigenvalue weighted by molar-refractivity contribution is 8.00. The third kappa shape index (κ3) is 4.30. The van der Waals surface area contributed by atoms with E-state index in [2.05, 4.69) is 0 Å². The van der Waals surface area contributed by atoms with Crippen LogP contribution in [-0.2, 0) is 22.7 Å². The number of nitrogen functional groups attached to an aromatic ring is 1. The van der Waals surface area contributed by atoms with E-state index in [0.29, 0.717) is 17.1 Å². The van der Waals surface area contributed by atoms with Gasteiger partial charge in [-0.1, -0.05) is 0 Å². The number of nitrogens with zero attached hydrogens (tertiary/aromatic N) is 3. The molecule has 1 fully saturated rings. The van der Waals surface area contributed by atoms with E-state index >= 15 is 0 Å². The van der Waals surface area contributed by atoms with Gasteiger partial charge in [0.05, 0.1) is 23.8 Å². The van der Waals surface area contributed by atoms with Gasteiger partial charge in [-0.25, -0.2) is 0 Å². The van der Waals surface area contributed by atoms with Crippen LogP contribution in [0.2, 0.25) is 0 Å². The van der Waals surface area contributed by atoms with E-state index in [0.717, 1.165) is 5.56 Å². The van der Waals surface area contributed by atoms with Gasteiger partial charge in [0.15, 0.2) is 12.4 Å². The molecule has 1 aromatic heterocycles. The van der Waals surface area contributed by atoms with Gasteiger partial charge in [-0.2, -0.15) is 0 Å². The third-order valence-electron chi connectivity index (χ3n) is 4.28. The summed E-state index contributed by atoms with van der Waals surface area (Å²) < 4.78 is 3.42. The molecule has 27 heavy (non-hydrogen) atoms. The molecule has 0 aromatic carbocycles. The van der Waals surface area contributed by atoms with Crippen LogP contribution in [0.5, 0.6) is 0 Å². The fourth-order valence-corrected chi connectivity index (χ4v) is 4.34. The van der Waals surface area contributed by atoms with Gasteiger partial charge in [-0.3, -0.25) is 9.69 Å². The molecule has 3 rings (SSSR count). The predicted octanol–water partition coefficient (Wildman–Crippen LogP) is -1.83. The Morgan fingerprint density at radius 3 is 2.63 bits per heavy atom. The van der Waals surface area contributed by atoms with Crippen molar-refractivity contribution in [1.29, 1.82) is 0 Å². The Kier molecular flexibility index (Phi) is 9.43. The molecule has 2 aliphatic rings. The van der Waals surface area contributed by atoms with Gasteiger partial charge in [0, 0.05) is 11.3 Å². The van der Waals surface area contributed by atoms with E-state index in [1.54, 1.807) is 15.6 Å². The summed E-state index contributed by atoms with van der Waals surface area (Å²) in [4.78, 5) is 24.7. The SMILES string of the molecule is Cc1c[n+](CC2=C(C(=O)[O-])N3C(=O)[C@@H](N)[C@H]3SC2)n(CCO)c1N.Cl.Cl.Cl. The first-order valence-electron chi connectivity index (χ1n) is 7.46.